The Labute approximate surface area is 143 Å². The molecule has 3 aromatic rings. The Morgan fingerprint density at radius 1 is 1.29 bits per heavy atom. The van der Waals surface area contributed by atoms with E-state index in [1.807, 2.05) is 25.1 Å². The monoisotopic (exact) mass is 345 g/mol. The Hall–Kier alpha value is -2.60. The van der Waals surface area contributed by atoms with Crippen molar-refractivity contribution in [1.82, 2.24) is 15.5 Å². The first kappa shape index (κ1) is 16.3. The van der Waals surface area contributed by atoms with Crippen LogP contribution in [0, 0.1) is 0 Å². The van der Waals surface area contributed by atoms with Crippen LogP contribution in [0.4, 0.5) is 0 Å². The van der Waals surface area contributed by atoms with Crippen LogP contribution in [-0.2, 0) is 11.2 Å². The molecule has 0 fully saturated rings. The second kappa shape index (κ2) is 7.31. The van der Waals surface area contributed by atoms with Crippen LogP contribution in [0.1, 0.15) is 31.0 Å². The SMILES string of the molecule is C[C@@H](NC(=O)CCc1nc(-c2ccc(Cl)cc2)no1)c1ccco1. The van der Waals surface area contributed by atoms with Crippen LogP contribution < -0.4 is 5.32 Å². The largest absolute Gasteiger partial charge is 0.467 e. The first-order chi connectivity index (χ1) is 11.6. The maximum atomic E-state index is 12.0. The Balaban J connectivity index is 1.53. The lowest BCUT2D eigenvalue weighted by atomic mass is 10.2. The number of nitrogens with one attached hydrogen (secondary N) is 1. The summed E-state index contributed by atoms with van der Waals surface area (Å²) in [5.74, 6) is 1.50. The molecule has 0 spiro atoms. The number of hydrogen-bond donors (Lipinski definition) is 1. The molecule has 1 N–H and O–H groups in total. The van der Waals surface area contributed by atoms with Gasteiger partial charge in [-0.05, 0) is 43.3 Å². The molecule has 2 heterocycles. The van der Waals surface area contributed by atoms with Crippen LogP contribution in [0.2, 0.25) is 5.02 Å². The molecular formula is C17H16ClN3O3. The summed E-state index contributed by atoms with van der Waals surface area (Å²) in [5, 5.41) is 7.42. The summed E-state index contributed by atoms with van der Waals surface area (Å²) in [5.41, 5.74) is 0.810. The minimum absolute atomic E-state index is 0.106. The number of nitrogens with zero attached hydrogens (tertiary/aromatic N) is 2. The maximum absolute atomic E-state index is 12.0. The van der Waals surface area contributed by atoms with Crippen molar-refractivity contribution in [3.63, 3.8) is 0 Å². The summed E-state index contributed by atoms with van der Waals surface area (Å²) in [7, 11) is 0. The average Bonchev–Trinajstić information content (AvgIpc) is 3.25. The summed E-state index contributed by atoms with van der Waals surface area (Å²) in [6.07, 6.45) is 2.21. The molecule has 7 heteroatoms. The third-order valence-corrected chi connectivity index (χ3v) is 3.74. The number of aromatic nitrogens is 2. The van der Waals surface area contributed by atoms with Crippen molar-refractivity contribution >= 4 is 17.5 Å². The molecule has 0 radical (unpaired) electrons. The van der Waals surface area contributed by atoms with Crippen LogP contribution in [0.5, 0.6) is 0 Å². The van der Waals surface area contributed by atoms with Gasteiger partial charge in [0.15, 0.2) is 0 Å². The Morgan fingerprint density at radius 2 is 2.08 bits per heavy atom. The summed E-state index contributed by atoms with van der Waals surface area (Å²) in [4.78, 5) is 16.3. The minimum atomic E-state index is -0.181. The fourth-order valence-electron chi connectivity index (χ4n) is 2.22. The average molecular weight is 346 g/mol. The molecular weight excluding hydrogens is 330 g/mol. The standard InChI is InChI=1S/C17H16ClN3O3/c1-11(14-3-2-10-23-14)19-15(22)8-9-16-20-17(21-24-16)12-4-6-13(18)7-5-12/h2-7,10-11H,8-9H2,1H3,(H,19,22)/t11-/m1/s1. The summed E-state index contributed by atoms with van der Waals surface area (Å²) < 4.78 is 10.4. The third kappa shape index (κ3) is 4.02. The molecule has 124 valence electrons. The Kier molecular flexibility index (Phi) is 4.96. The van der Waals surface area contributed by atoms with E-state index < -0.39 is 0 Å². The minimum Gasteiger partial charge on any atom is -0.467 e. The van der Waals surface area contributed by atoms with Crippen molar-refractivity contribution < 1.29 is 13.7 Å². The van der Waals surface area contributed by atoms with E-state index in [9.17, 15) is 4.79 Å². The summed E-state index contributed by atoms with van der Waals surface area (Å²) in [6, 6.07) is 10.6. The van der Waals surface area contributed by atoms with Crippen molar-refractivity contribution in [3.05, 3.63) is 59.3 Å². The highest BCUT2D eigenvalue weighted by molar-refractivity contribution is 6.30. The number of aryl methyl sites for hydroxylation is 1. The van der Waals surface area contributed by atoms with Gasteiger partial charge in [-0.25, -0.2) is 0 Å². The zero-order valence-corrected chi connectivity index (χ0v) is 13.8. The molecule has 0 saturated heterocycles. The Bertz CT molecular complexity index is 797. The molecule has 1 amide bonds. The van der Waals surface area contributed by atoms with Crippen LogP contribution in [-0.4, -0.2) is 16.0 Å². The van der Waals surface area contributed by atoms with Crippen molar-refractivity contribution in [2.45, 2.75) is 25.8 Å². The lowest BCUT2D eigenvalue weighted by Gasteiger charge is -2.10. The normalized spacial score (nSPS) is 12.1. The smallest absolute Gasteiger partial charge is 0.227 e. The first-order valence-electron chi connectivity index (χ1n) is 7.53. The molecule has 0 aliphatic rings. The van der Waals surface area contributed by atoms with Crippen LogP contribution in [0.3, 0.4) is 0 Å². The van der Waals surface area contributed by atoms with E-state index in [1.165, 1.54) is 0 Å². The zero-order valence-electron chi connectivity index (χ0n) is 13.0. The lowest BCUT2D eigenvalue weighted by Crippen LogP contribution is -2.26. The predicted octanol–water partition coefficient (Wildman–Crippen LogP) is 3.79. The fraction of sp³-hybridized carbons (Fsp3) is 0.235. The van der Waals surface area contributed by atoms with Gasteiger partial charge in [0.05, 0.1) is 12.3 Å². The van der Waals surface area contributed by atoms with E-state index in [0.717, 1.165) is 5.56 Å². The molecule has 1 aromatic carbocycles. The second-order valence-electron chi connectivity index (χ2n) is 5.32. The summed E-state index contributed by atoms with van der Waals surface area (Å²) >= 11 is 5.85. The number of carbonyl (C=O) groups excluding carboxylic acids is 1. The predicted molar refractivity (Wildman–Crippen MR) is 88.3 cm³/mol. The van der Waals surface area contributed by atoms with E-state index >= 15 is 0 Å². The van der Waals surface area contributed by atoms with Gasteiger partial charge in [-0.1, -0.05) is 16.8 Å². The van der Waals surface area contributed by atoms with Crippen molar-refractivity contribution in [2.24, 2.45) is 0 Å². The molecule has 24 heavy (non-hydrogen) atoms. The molecule has 3 rings (SSSR count). The van der Waals surface area contributed by atoms with E-state index in [4.69, 9.17) is 20.5 Å². The second-order valence-corrected chi connectivity index (χ2v) is 5.76. The maximum Gasteiger partial charge on any atom is 0.227 e. The molecule has 0 saturated carbocycles. The molecule has 0 bridgehead atoms. The highest BCUT2D eigenvalue weighted by Crippen LogP contribution is 2.19. The third-order valence-electron chi connectivity index (χ3n) is 3.48. The zero-order chi connectivity index (χ0) is 16.9. The van der Waals surface area contributed by atoms with E-state index in [-0.39, 0.29) is 18.4 Å². The van der Waals surface area contributed by atoms with Gasteiger partial charge in [-0.2, -0.15) is 4.98 Å². The van der Waals surface area contributed by atoms with Crippen molar-refractivity contribution in [2.75, 3.05) is 0 Å². The number of furan rings is 1. The van der Waals surface area contributed by atoms with Gasteiger partial charge >= 0.3 is 0 Å². The fourth-order valence-corrected chi connectivity index (χ4v) is 2.34. The molecule has 2 aromatic heterocycles. The van der Waals surface area contributed by atoms with Gasteiger partial charge in [0, 0.05) is 23.4 Å². The van der Waals surface area contributed by atoms with Gasteiger partial charge in [0.25, 0.3) is 0 Å². The molecule has 1 atom stereocenters. The highest BCUT2D eigenvalue weighted by Gasteiger charge is 2.14. The van der Waals surface area contributed by atoms with Crippen LogP contribution in [0.25, 0.3) is 11.4 Å². The molecule has 0 aliphatic carbocycles. The van der Waals surface area contributed by atoms with Gasteiger partial charge in [0.2, 0.25) is 17.6 Å². The van der Waals surface area contributed by atoms with Gasteiger partial charge in [-0.3, -0.25) is 4.79 Å². The van der Waals surface area contributed by atoms with E-state index in [1.54, 1.807) is 24.5 Å². The van der Waals surface area contributed by atoms with Crippen molar-refractivity contribution in [3.8, 4) is 11.4 Å². The highest BCUT2D eigenvalue weighted by atomic mass is 35.5. The number of benzene rings is 1. The summed E-state index contributed by atoms with van der Waals surface area (Å²) in [6.45, 7) is 1.86. The van der Waals surface area contributed by atoms with Crippen LogP contribution in [0.15, 0.2) is 51.6 Å². The van der Waals surface area contributed by atoms with E-state index in [0.29, 0.717) is 28.9 Å². The molecule has 0 unspecified atom stereocenters. The number of amides is 1. The number of halogens is 1. The molecule has 6 nitrogen and oxygen atoms in total. The Morgan fingerprint density at radius 3 is 2.79 bits per heavy atom. The van der Waals surface area contributed by atoms with E-state index in [2.05, 4.69) is 15.5 Å². The quantitative estimate of drug-likeness (QED) is 0.735. The van der Waals surface area contributed by atoms with Crippen LogP contribution >= 0.6 is 11.6 Å². The van der Waals surface area contributed by atoms with Gasteiger partial charge in [0.1, 0.15) is 5.76 Å². The van der Waals surface area contributed by atoms with Gasteiger partial charge < -0.3 is 14.3 Å². The lowest BCUT2D eigenvalue weighted by molar-refractivity contribution is -0.121. The number of carbonyl (C=O) groups is 1. The number of hydrogen-bond acceptors (Lipinski definition) is 5. The molecule has 0 aliphatic heterocycles. The topological polar surface area (TPSA) is 81.2 Å². The first-order valence-corrected chi connectivity index (χ1v) is 7.91. The number of rotatable bonds is 6. The van der Waals surface area contributed by atoms with Crippen molar-refractivity contribution in [1.29, 1.82) is 0 Å². The van der Waals surface area contributed by atoms with Gasteiger partial charge in [-0.15, -0.1) is 0 Å².